The molecule has 162 valence electrons. The van der Waals surface area contributed by atoms with E-state index in [0.29, 0.717) is 6.54 Å². The molecule has 6 nitrogen and oxygen atoms in total. The van der Waals surface area contributed by atoms with Crippen molar-refractivity contribution >= 4 is 29.0 Å². The smallest absolute Gasteiger partial charge is 0.351 e. The molecule has 0 aliphatic carbocycles. The summed E-state index contributed by atoms with van der Waals surface area (Å²) in [5.41, 5.74) is -0.924. The quantitative estimate of drug-likeness (QED) is 0.732. The van der Waals surface area contributed by atoms with E-state index in [1.165, 1.54) is 6.07 Å². The minimum Gasteiger partial charge on any atom is -0.351 e. The van der Waals surface area contributed by atoms with Crippen molar-refractivity contribution in [2.75, 3.05) is 30.4 Å². The number of rotatable bonds is 6. The van der Waals surface area contributed by atoms with Crippen LogP contribution < -0.4 is 10.2 Å². The SMILES string of the molecule is CC(C(=O)Nc1ccc(Cl)c(C(F)(F)F)c1)N(C)CC1CCCN1c1cccnn1. The molecule has 0 saturated carbocycles. The molecule has 2 heterocycles. The van der Waals surface area contributed by atoms with E-state index in [-0.39, 0.29) is 11.7 Å². The summed E-state index contributed by atoms with van der Waals surface area (Å²) in [4.78, 5) is 16.7. The predicted octanol–water partition coefficient (Wildman–Crippen LogP) is 4.08. The zero-order valence-corrected chi connectivity index (χ0v) is 17.4. The molecular formula is C20H23ClF3N5O. The lowest BCUT2D eigenvalue weighted by atomic mass is 10.1. The molecule has 2 aromatic rings. The second kappa shape index (κ2) is 9.18. The molecule has 0 spiro atoms. The van der Waals surface area contributed by atoms with Crippen molar-refractivity contribution in [2.45, 2.75) is 38.0 Å². The molecule has 2 atom stereocenters. The van der Waals surface area contributed by atoms with Gasteiger partial charge in [-0.3, -0.25) is 9.69 Å². The number of hydrogen-bond acceptors (Lipinski definition) is 5. The number of nitrogens with one attached hydrogen (secondary N) is 1. The van der Waals surface area contributed by atoms with Crippen LogP contribution in [0, 0.1) is 0 Å². The van der Waals surface area contributed by atoms with E-state index in [1.807, 2.05) is 24.1 Å². The van der Waals surface area contributed by atoms with Gasteiger partial charge >= 0.3 is 6.18 Å². The van der Waals surface area contributed by atoms with Crippen molar-refractivity contribution in [3.05, 3.63) is 47.1 Å². The third-order valence-corrected chi connectivity index (χ3v) is 5.64. The number of halogens is 4. The maximum atomic E-state index is 13.0. The second-order valence-electron chi connectivity index (χ2n) is 7.37. The van der Waals surface area contributed by atoms with Gasteiger partial charge in [0, 0.05) is 31.0 Å². The summed E-state index contributed by atoms with van der Waals surface area (Å²) < 4.78 is 39.1. The fraction of sp³-hybridized carbons (Fsp3) is 0.450. The van der Waals surface area contributed by atoms with E-state index >= 15 is 0 Å². The first-order valence-electron chi connectivity index (χ1n) is 9.59. The lowest BCUT2D eigenvalue weighted by molar-refractivity contribution is -0.137. The average Bonchev–Trinajstić information content (AvgIpc) is 3.16. The van der Waals surface area contributed by atoms with Crippen LogP contribution in [0.3, 0.4) is 0 Å². The Hall–Kier alpha value is -2.39. The lowest BCUT2D eigenvalue weighted by Crippen LogP contribution is -2.46. The fourth-order valence-corrected chi connectivity index (χ4v) is 3.76. The molecule has 0 radical (unpaired) electrons. The normalized spacial score (nSPS) is 18.0. The largest absolute Gasteiger partial charge is 0.417 e. The molecule has 1 amide bonds. The van der Waals surface area contributed by atoms with Gasteiger partial charge in [0.15, 0.2) is 5.82 Å². The van der Waals surface area contributed by atoms with Crippen LogP contribution in [-0.4, -0.2) is 53.2 Å². The topological polar surface area (TPSA) is 61.4 Å². The number of nitrogens with zero attached hydrogens (tertiary/aromatic N) is 4. The minimum absolute atomic E-state index is 0.0547. The van der Waals surface area contributed by atoms with Gasteiger partial charge in [0.05, 0.1) is 16.6 Å². The molecule has 1 aliphatic rings. The van der Waals surface area contributed by atoms with Crippen LogP contribution in [-0.2, 0) is 11.0 Å². The number of benzene rings is 1. The first kappa shape index (κ1) is 22.3. The molecule has 1 fully saturated rings. The van der Waals surface area contributed by atoms with Gasteiger partial charge in [0.1, 0.15) is 0 Å². The summed E-state index contributed by atoms with van der Waals surface area (Å²) in [6.45, 7) is 3.19. The Labute approximate surface area is 178 Å². The Bertz CT molecular complexity index is 880. The maximum Gasteiger partial charge on any atom is 0.417 e. The number of aromatic nitrogens is 2. The molecule has 30 heavy (non-hydrogen) atoms. The molecule has 1 saturated heterocycles. The Morgan fingerprint density at radius 2 is 2.17 bits per heavy atom. The molecule has 3 rings (SSSR count). The average molecular weight is 442 g/mol. The monoisotopic (exact) mass is 441 g/mol. The zero-order chi connectivity index (χ0) is 21.9. The summed E-state index contributed by atoms with van der Waals surface area (Å²) in [6, 6.07) is 6.70. The second-order valence-corrected chi connectivity index (χ2v) is 7.78. The third-order valence-electron chi connectivity index (χ3n) is 5.31. The van der Waals surface area contributed by atoms with Crippen molar-refractivity contribution in [1.29, 1.82) is 0 Å². The highest BCUT2D eigenvalue weighted by Gasteiger charge is 2.34. The van der Waals surface area contributed by atoms with E-state index < -0.39 is 28.7 Å². The highest BCUT2D eigenvalue weighted by Crippen LogP contribution is 2.36. The van der Waals surface area contributed by atoms with E-state index in [4.69, 9.17) is 11.6 Å². The Morgan fingerprint density at radius 1 is 1.40 bits per heavy atom. The van der Waals surface area contributed by atoms with Crippen molar-refractivity contribution in [2.24, 2.45) is 0 Å². The molecule has 1 aromatic heterocycles. The van der Waals surface area contributed by atoms with E-state index in [2.05, 4.69) is 20.4 Å². The van der Waals surface area contributed by atoms with Crippen molar-refractivity contribution in [3.8, 4) is 0 Å². The van der Waals surface area contributed by atoms with Crippen LogP contribution in [0.5, 0.6) is 0 Å². The fourth-order valence-electron chi connectivity index (χ4n) is 3.53. The Kier molecular flexibility index (Phi) is 6.82. The summed E-state index contributed by atoms with van der Waals surface area (Å²) in [5, 5.41) is 10.2. The first-order chi connectivity index (χ1) is 14.2. The van der Waals surface area contributed by atoms with Crippen LogP contribution in [0.2, 0.25) is 5.02 Å². The molecule has 1 aromatic carbocycles. The van der Waals surface area contributed by atoms with Gasteiger partial charge in [-0.2, -0.15) is 18.3 Å². The third kappa shape index (κ3) is 5.20. The summed E-state index contributed by atoms with van der Waals surface area (Å²) in [7, 11) is 1.82. The van der Waals surface area contributed by atoms with Crippen LogP contribution in [0.15, 0.2) is 36.5 Å². The highest BCUT2D eigenvalue weighted by atomic mass is 35.5. The van der Waals surface area contributed by atoms with E-state index in [0.717, 1.165) is 37.3 Å². The van der Waals surface area contributed by atoms with E-state index in [9.17, 15) is 18.0 Å². The maximum absolute atomic E-state index is 13.0. The van der Waals surface area contributed by atoms with Gasteiger partial charge < -0.3 is 10.2 Å². The van der Waals surface area contributed by atoms with Crippen molar-refractivity contribution in [3.63, 3.8) is 0 Å². The Balaban J connectivity index is 1.63. The highest BCUT2D eigenvalue weighted by molar-refractivity contribution is 6.31. The van der Waals surface area contributed by atoms with Gasteiger partial charge in [-0.25, -0.2) is 0 Å². The molecule has 1 aliphatic heterocycles. The number of carbonyl (C=O) groups is 1. The van der Waals surface area contributed by atoms with Gasteiger partial charge in [0.25, 0.3) is 0 Å². The Morgan fingerprint density at radius 3 is 2.83 bits per heavy atom. The van der Waals surface area contributed by atoms with Crippen LogP contribution in [0.4, 0.5) is 24.7 Å². The van der Waals surface area contributed by atoms with Crippen molar-refractivity contribution in [1.82, 2.24) is 15.1 Å². The molecule has 1 N–H and O–H groups in total. The summed E-state index contributed by atoms with van der Waals surface area (Å²) in [6.07, 6.45) is -0.997. The molecule has 2 unspecified atom stereocenters. The number of likely N-dealkylation sites (N-methyl/N-ethyl adjacent to an activating group) is 1. The number of anilines is 2. The van der Waals surface area contributed by atoms with Gasteiger partial charge in [-0.1, -0.05) is 11.6 Å². The van der Waals surface area contributed by atoms with Gasteiger partial charge in [-0.05, 0) is 57.1 Å². The van der Waals surface area contributed by atoms with Gasteiger partial charge in [-0.15, -0.1) is 5.10 Å². The summed E-state index contributed by atoms with van der Waals surface area (Å²) in [5.74, 6) is 0.406. The lowest BCUT2D eigenvalue weighted by Gasteiger charge is -2.31. The van der Waals surface area contributed by atoms with Crippen LogP contribution >= 0.6 is 11.6 Å². The number of alkyl halides is 3. The van der Waals surface area contributed by atoms with Crippen LogP contribution in [0.1, 0.15) is 25.3 Å². The van der Waals surface area contributed by atoms with Crippen molar-refractivity contribution < 1.29 is 18.0 Å². The number of carbonyl (C=O) groups excluding carboxylic acids is 1. The van der Waals surface area contributed by atoms with E-state index in [1.54, 1.807) is 13.1 Å². The summed E-state index contributed by atoms with van der Waals surface area (Å²) >= 11 is 5.63. The standard InChI is InChI=1S/C20H23ClF3N5O/c1-13(19(30)26-14-7-8-17(21)16(11-14)20(22,23)24)28(2)12-15-5-4-10-29(15)18-6-3-9-25-27-18/h3,6-9,11,13,15H,4-5,10,12H2,1-2H3,(H,26,30). The number of hydrogen-bond donors (Lipinski definition) is 1. The predicted molar refractivity (Wildman–Crippen MR) is 110 cm³/mol. The van der Waals surface area contributed by atoms with Gasteiger partial charge in [0.2, 0.25) is 5.91 Å². The first-order valence-corrected chi connectivity index (χ1v) is 9.97. The zero-order valence-electron chi connectivity index (χ0n) is 16.7. The number of amides is 1. The molecule has 10 heteroatoms. The molecule has 0 bridgehead atoms. The van der Waals surface area contributed by atoms with Crippen LogP contribution in [0.25, 0.3) is 0 Å². The minimum atomic E-state index is -4.59. The molecular weight excluding hydrogens is 419 g/mol.